The van der Waals surface area contributed by atoms with Gasteiger partial charge >= 0.3 is 0 Å². The van der Waals surface area contributed by atoms with Crippen molar-refractivity contribution < 1.29 is 13.0 Å². The Hall–Kier alpha value is -1.70. The van der Waals surface area contributed by atoms with Gasteiger partial charge in [-0.15, -0.1) is 0 Å². The molecule has 1 aromatic rings. The monoisotopic (exact) mass is 316 g/mol. The van der Waals surface area contributed by atoms with Crippen LogP contribution in [0.25, 0.3) is 0 Å². The first-order chi connectivity index (χ1) is 11.6. The van der Waals surface area contributed by atoms with Crippen molar-refractivity contribution in [3.63, 3.8) is 0 Å². The summed E-state index contributed by atoms with van der Waals surface area (Å²) in [5.41, 5.74) is 3.47. The van der Waals surface area contributed by atoms with Gasteiger partial charge in [-0.1, -0.05) is 43.6 Å². The second-order valence-electron chi connectivity index (χ2n) is 6.75. The highest BCUT2D eigenvalue weighted by atomic mass is 16.3. The van der Waals surface area contributed by atoms with Crippen LogP contribution in [0.1, 0.15) is 72.6 Å². The predicted molar refractivity (Wildman–Crippen MR) is 97.0 cm³/mol. The van der Waals surface area contributed by atoms with E-state index < -0.39 is 6.37 Å². The van der Waals surface area contributed by atoms with Gasteiger partial charge in [-0.3, -0.25) is 0 Å². The summed E-state index contributed by atoms with van der Waals surface area (Å²) in [4.78, 5) is 0. The molecule has 1 aromatic carbocycles. The number of rotatable bonds is 6. The first-order valence-electron chi connectivity index (χ1n) is 9.52. The minimum Gasteiger partial charge on any atom is -0.507 e. The van der Waals surface area contributed by atoms with Crippen LogP contribution in [0.4, 0.5) is 0 Å². The first kappa shape index (κ1) is 14.9. The lowest BCUT2D eigenvalue weighted by molar-refractivity contribution is 0.406. The molecule has 1 aliphatic carbocycles. The van der Waals surface area contributed by atoms with E-state index in [9.17, 15) is 10.2 Å². The number of hydrogen-bond donors (Lipinski definition) is 2. The number of phenolic OH excluding ortho intramolecular Hbond substituents is 2. The molecule has 2 atom stereocenters. The van der Waals surface area contributed by atoms with Crippen LogP contribution in [0, 0.1) is 5.92 Å². The van der Waals surface area contributed by atoms with Crippen LogP contribution in [-0.4, -0.2) is 10.2 Å². The van der Waals surface area contributed by atoms with E-state index in [0.29, 0.717) is 17.5 Å². The van der Waals surface area contributed by atoms with Crippen LogP contribution in [0.15, 0.2) is 35.9 Å². The summed E-state index contributed by atoms with van der Waals surface area (Å²) in [6.07, 6.45) is 4.15. The Balaban J connectivity index is 2.39. The summed E-state index contributed by atoms with van der Waals surface area (Å²) in [5, 5.41) is 21.2. The zero-order valence-electron chi connectivity index (χ0n) is 16.5. The van der Waals surface area contributed by atoms with Crippen LogP contribution < -0.4 is 0 Å². The summed E-state index contributed by atoms with van der Waals surface area (Å²) >= 11 is 0. The zero-order valence-corrected chi connectivity index (χ0v) is 14.5. The molecule has 0 fully saturated rings. The molecule has 0 amide bonds. The van der Waals surface area contributed by atoms with Gasteiger partial charge in [0.1, 0.15) is 11.5 Å². The Morgan fingerprint density at radius 1 is 1.35 bits per heavy atom. The maximum Gasteiger partial charge on any atom is 0.123 e. The lowest BCUT2D eigenvalue weighted by Crippen LogP contribution is -2.17. The molecular weight excluding hydrogens is 284 g/mol. The van der Waals surface area contributed by atoms with E-state index in [2.05, 4.69) is 19.6 Å². The average molecular weight is 316 g/mol. The van der Waals surface area contributed by atoms with Crippen molar-refractivity contribution >= 4 is 0 Å². The molecule has 2 N–H and O–H groups in total. The maximum atomic E-state index is 10.6. The van der Waals surface area contributed by atoms with E-state index in [-0.39, 0.29) is 29.8 Å². The third kappa shape index (κ3) is 4.19. The van der Waals surface area contributed by atoms with Gasteiger partial charge in [0.25, 0.3) is 0 Å². The molecule has 0 radical (unpaired) electrons. The minimum atomic E-state index is -1.34. The lowest BCUT2D eigenvalue weighted by atomic mass is 9.73. The van der Waals surface area contributed by atoms with Crippen molar-refractivity contribution in [2.45, 2.75) is 65.2 Å². The molecule has 0 heterocycles. The fourth-order valence-corrected chi connectivity index (χ4v) is 3.44. The Bertz CT molecular complexity index is 653. The largest absolute Gasteiger partial charge is 0.507 e. The summed E-state index contributed by atoms with van der Waals surface area (Å²) in [6, 6.07) is 3.21. The van der Waals surface area contributed by atoms with Crippen molar-refractivity contribution in [1.82, 2.24) is 0 Å². The number of benzene rings is 1. The highest BCUT2D eigenvalue weighted by Gasteiger charge is 2.29. The van der Waals surface area contributed by atoms with Gasteiger partial charge in [-0.2, -0.15) is 0 Å². The van der Waals surface area contributed by atoms with Crippen molar-refractivity contribution in [3.05, 3.63) is 47.1 Å². The second kappa shape index (κ2) is 7.72. The Morgan fingerprint density at radius 2 is 2.00 bits per heavy atom. The summed E-state index contributed by atoms with van der Waals surface area (Å²) < 4.78 is 16.1. The molecule has 126 valence electrons. The van der Waals surface area contributed by atoms with Gasteiger partial charge in [0, 0.05) is 14.2 Å². The van der Waals surface area contributed by atoms with E-state index in [0.717, 1.165) is 24.8 Å². The van der Waals surface area contributed by atoms with Crippen LogP contribution in [0.2, 0.25) is 0 Å². The van der Waals surface area contributed by atoms with E-state index in [1.807, 2.05) is 13.8 Å². The normalized spacial score (nSPS) is 23.0. The van der Waals surface area contributed by atoms with E-state index in [1.165, 1.54) is 5.57 Å². The summed E-state index contributed by atoms with van der Waals surface area (Å²) in [6.45, 7) is 10.1. The Kier molecular flexibility index (Phi) is 4.99. The smallest absolute Gasteiger partial charge is 0.123 e. The van der Waals surface area contributed by atoms with E-state index in [1.54, 1.807) is 12.1 Å². The second-order valence-corrected chi connectivity index (χ2v) is 6.75. The van der Waals surface area contributed by atoms with Gasteiger partial charge in [-0.25, -0.2) is 0 Å². The molecule has 0 aromatic heterocycles. The molecule has 1 aliphatic rings. The predicted octanol–water partition coefficient (Wildman–Crippen LogP) is 5.85. The lowest BCUT2D eigenvalue weighted by Gasteiger charge is -2.31. The molecule has 2 unspecified atom stereocenters. The highest BCUT2D eigenvalue weighted by molar-refractivity contribution is 5.51. The maximum absolute atomic E-state index is 10.6. The van der Waals surface area contributed by atoms with Gasteiger partial charge < -0.3 is 10.2 Å². The topological polar surface area (TPSA) is 40.5 Å². The van der Waals surface area contributed by atoms with Crippen LogP contribution in [0.5, 0.6) is 11.5 Å². The Morgan fingerprint density at radius 3 is 2.57 bits per heavy atom. The fraction of sp³-hybridized carbons (Fsp3) is 0.524. The SMILES string of the molecule is [2H]C([2H])(CCC)Cc1cc(O)c(C2C=C(C)CCC2C(=C)C)c(O)c1. The third-order valence-electron chi connectivity index (χ3n) is 4.67. The number of hydrogen-bond acceptors (Lipinski definition) is 2. The minimum absolute atomic E-state index is 0.0458. The third-order valence-corrected chi connectivity index (χ3v) is 4.67. The molecule has 0 saturated heterocycles. The van der Waals surface area contributed by atoms with Crippen molar-refractivity contribution in [2.24, 2.45) is 5.92 Å². The van der Waals surface area contributed by atoms with E-state index in [4.69, 9.17) is 2.74 Å². The first-order valence-corrected chi connectivity index (χ1v) is 8.52. The molecule has 0 saturated carbocycles. The average Bonchev–Trinajstić information content (AvgIpc) is 2.45. The molecule has 2 rings (SSSR count). The van der Waals surface area contributed by atoms with Crippen molar-refractivity contribution in [1.29, 1.82) is 0 Å². The van der Waals surface area contributed by atoms with Gasteiger partial charge in [0.05, 0.1) is 0 Å². The van der Waals surface area contributed by atoms with Gasteiger partial charge in [0.15, 0.2) is 0 Å². The number of allylic oxidation sites excluding steroid dienone is 3. The summed E-state index contributed by atoms with van der Waals surface area (Å²) in [5.74, 6) is 0.194. The number of aromatic hydroxyl groups is 2. The fourth-order valence-electron chi connectivity index (χ4n) is 3.44. The van der Waals surface area contributed by atoms with Crippen LogP contribution >= 0.6 is 0 Å². The quantitative estimate of drug-likeness (QED) is 0.647. The van der Waals surface area contributed by atoms with Gasteiger partial charge in [-0.05, 0) is 63.1 Å². The van der Waals surface area contributed by atoms with Gasteiger partial charge in [0.2, 0.25) is 0 Å². The van der Waals surface area contributed by atoms with Crippen molar-refractivity contribution in [3.8, 4) is 11.5 Å². The Labute approximate surface area is 143 Å². The number of aryl methyl sites for hydroxylation is 1. The molecule has 0 spiro atoms. The molecular formula is C21H30O2. The van der Waals surface area contributed by atoms with Crippen LogP contribution in [0.3, 0.4) is 0 Å². The highest BCUT2D eigenvalue weighted by Crippen LogP contribution is 2.46. The molecule has 0 aliphatic heterocycles. The molecule has 0 bridgehead atoms. The van der Waals surface area contributed by atoms with Crippen molar-refractivity contribution in [2.75, 3.05) is 0 Å². The van der Waals surface area contributed by atoms with E-state index >= 15 is 0 Å². The standard InChI is InChI=1S/C21H30O2/c1-5-6-7-8-16-12-19(22)21(20(23)13-16)18-11-15(4)9-10-17(18)14(2)3/h11-13,17-18,22-23H,2,5-10H2,1,3-4H3/i7D2. The summed E-state index contributed by atoms with van der Waals surface area (Å²) in [7, 11) is 0. The number of phenols is 2. The molecule has 2 nitrogen and oxygen atoms in total. The molecule has 2 heteroatoms. The molecule has 23 heavy (non-hydrogen) atoms. The zero-order chi connectivity index (χ0) is 18.8. The van der Waals surface area contributed by atoms with Crippen LogP contribution in [-0.2, 0) is 6.42 Å².